The van der Waals surface area contributed by atoms with Crippen LogP contribution in [-0.4, -0.2) is 25.1 Å². The minimum absolute atomic E-state index is 1.07. The molecule has 1 aromatic carbocycles. The molecule has 0 saturated heterocycles. The summed E-state index contributed by atoms with van der Waals surface area (Å²) in [4.78, 5) is 0. The van der Waals surface area contributed by atoms with Crippen LogP contribution in [-0.2, 0) is 6.54 Å². The second-order valence-electron chi connectivity index (χ2n) is 5.39. The highest BCUT2D eigenvalue weighted by molar-refractivity contribution is 5.72. The van der Waals surface area contributed by atoms with Crippen molar-refractivity contribution in [1.29, 1.82) is 0 Å². The molecule has 0 spiro atoms. The van der Waals surface area contributed by atoms with Crippen molar-refractivity contribution in [1.82, 2.24) is 0 Å². The van der Waals surface area contributed by atoms with Gasteiger partial charge in [-0.2, -0.15) is 0 Å². The molecule has 0 bridgehead atoms. The van der Waals surface area contributed by atoms with Crippen LogP contribution in [0.4, 0.5) is 0 Å². The van der Waals surface area contributed by atoms with Crippen LogP contribution in [0.1, 0.15) is 25.0 Å². The van der Waals surface area contributed by atoms with E-state index in [4.69, 9.17) is 0 Å². The van der Waals surface area contributed by atoms with Crippen LogP contribution in [0.3, 0.4) is 0 Å². The van der Waals surface area contributed by atoms with Gasteiger partial charge in [-0.15, -0.1) is 0 Å². The third-order valence-electron chi connectivity index (χ3n) is 3.13. The third-order valence-corrected chi connectivity index (χ3v) is 3.13. The first kappa shape index (κ1) is 10.4. The van der Waals surface area contributed by atoms with E-state index in [1.807, 2.05) is 0 Å². The standard InChI is InChI=1S/C14H20N/c1-11(2)14-10-15(3,4)9-12-7-5-6-8-13(12)14/h5-8H,9-10H2,1-4H3/q+1. The van der Waals surface area contributed by atoms with E-state index >= 15 is 0 Å². The van der Waals surface area contributed by atoms with Crippen LogP contribution in [0.2, 0.25) is 0 Å². The third kappa shape index (κ3) is 1.98. The van der Waals surface area contributed by atoms with E-state index in [1.165, 1.54) is 22.3 Å². The van der Waals surface area contributed by atoms with E-state index < -0.39 is 0 Å². The minimum Gasteiger partial charge on any atom is -0.321 e. The lowest BCUT2D eigenvalue weighted by Gasteiger charge is -2.36. The van der Waals surface area contributed by atoms with Gasteiger partial charge in [0.25, 0.3) is 0 Å². The average molecular weight is 202 g/mol. The van der Waals surface area contributed by atoms with Gasteiger partial charge in [0.15, 0.2) is 0 Å². The molecule has 15 heavy (non-hydrogen) atoms. The molecule has 0 aliphatic carbocycles. The summed E-state index contributed by atoms with van der Waals surface area (Å²) in [5.41, 5.74) is 5.94. The van der Waals surface area contributed by atoms with Gasteiger partial charge in [0.05, 0.1) is 14.1 Å². The zero-order valence-electron chi connectivity index (χ0n) is 10.2. The molecular formula is C14H20N+. The van der Waals surface area contributed by atoms with Crippen LogP contribution >= 0.6 is 0 Å². The maximum Gasteiger partial charge on any atom is 0.105 e. The van der Waals surface area contributed by atoms with Crippen molar-refractivity contribution in [2.45, 2.75) is 20.4 Å². The van der Waals surface area contributed by atoms with Gasteiger partial charge in [0.1, 0.15) is 13.1 Å². The number of likely N-dealkylation sites (N-methyl/N-ethyl adjacent to an activating group) is 1. The Bertz CT molecular complexity index is 409. The largest absolute Gasteiger partial charge is 0.321 e. The molecule has 0 atom stereocenters. The Labute approximate surface area is 92.6 Å². The molecule has 0 saturated carbocycles. The number of fused-ring (bicyclic) bond motifs is 1. The second-order valence-corrected chi connectivity index (χ2v) is 5.39. The molecule has 1 heterocycles. The quantitative estimate of drug-likeness (QED) is 0.567. The number of quaternary nitrogens is 1. The van der Waals surface area contributed by atoms with Crippen LogP contribution in [0.5, 0.6) is 0 Å². The monoisotopic (exact) mass is 202 g/mol. The molecule has 0 radical (unpaired) electrons. The molecule has 80 valence electrons. The van der Waals surface area contributed by atoms with Crippen LogP contribution in [0.15, 0.2) is 29.8 Å². The SMILES string of the molecule is CC(C)=C1C[N+](C)(C)Cc2ccccc21. The molecule has 1 aromatic rings. The van der Waals surface area contributed by atoms with Crippen LogP contribution < -0.4 is 0 Å². The van der Waals surface area contributed by atoms with Gasteiger partial charge in [-0.1, -0.05) is 29.8 Å². The summed E-state index contributed by atoms with van der Waals surface area (Å²) in [6.07, 6.45) is 0. The van der Waals surface area contributed by atoms with E-state index in [2.05, 4.69) is 52.2 Å². The Balaban J connectivity index is 2.58. The number of benzene rings is 1. The number of nitrogens with zero attached hydrogens (tertiary/aromatic N) is 1. The fourth-order valence-corrected chi connectivity index (χ4v) is 2.41. The number of allylic oxidation sites excluding steroid dienone is 1. The molecule has 1 nitrogen and oxygen atoms in total. The normalized spacial score (nSPS) is 18.5. The fraction of sp³-hybridized carbons (Fsp3) is 0.429. The van der Waals surface area contributed by atoms with E-state index in [-0.39, 0.29) is 0 Å². The lowest BCUT2D eigenvalue weighted by atomic mass is 9.91. The Morgan fingerprint density at radius 3 is 2.40 bits per heavy atom. The summed E-state index contributed by atoms with van der Waals surface area (Å²) in [6, 6.07) is 8.81. The summed E-state index contributed by atoms with van der Waals surface area (Å²) in [6.45, 7) is 6.74. The molecule has 2 rings (SSSR count). The fourth-order valence-electron chi connectivity index (χ4n) is 2.41. The molecule has 1 heteroatoms. The van der Waals surface area contributed by atoms with E-state index in [1.54, 1.807) is 0 Å². The van der Waals surface area contributed by atoms with Gasteiger partial charge in [-0.05, 0) is 19.4 Å². The zero-order chi connectivity index (χ0) is 11.1. The molecule has 0 fully saturated rings. The van der Waals surface area contributed by atoms with Crippen molar-refractivity contribution < 1.29 is 4.48 Å². The highest BCUT2D eigenvalue weighted by Crippen LogP contribution is 2.31. The van der Waals surface area contributed by atoms with Crippen LogP contribution in [0, 0.1) is 0 Å². The van der Waals surface area contributed by atoms with Crippen molar-refractivity contribution >= 4 is 5.57 Å². The highest BCUT2D eigenvalue weighted by Gasteiger charge is 2.27. The van der Waals surface area contributed by atoms with Gasteiger partial charge < -0.3 is 4.48 Å². The lowest BCUT2D eigenvalue weighted by Crippen LogP contribution is -2.43. The van der Waals surface area contributed by atoms with Crippen molar-refractivity contribution in [3.05, 3.63) is 41.0 Å². The summed E-state index contributed by atoms with van der Waals surface area (Å²) in [7, 11) is 4.61. The summed E-state index contributed by atoms with van der Waals surface area (Å²) >= 11 is 0. The smallest absolute Gasteiger partial charge is 0.105 e. The molecular weight excluding hydrogens is 182 g/mol. The van der Waals surface area contributed by atoms with Crippen molar-refractivity contribution in [2.75, 3.05) is 20.6 Å². The van der Waals surface area contributed by atoms with Gasteiger partial charge in [-0.25, -0.2) is 0 Å². The van der Waals surface area contributed by atoms with E-state index in [9.17, 15) is 0 Å². The van der Waals surface area contributed by atoms with Gasteiger partial charge in [-0.3, -0.25) is 0 Å². The van der Waals surface area contributed by atoms with E-state index in [0.29, 0.717) is 0 Å². The summed E-state index contributed by atoms with van der Waals surface area (Å²) in [5, 5.41) is 0. The molecule has 1 aliphatic rings. The molecule has 0 aromatic heterocycles. The minimum atomic E-state index is 1.07. The first-order valence-corrected chi connectivity index (χ1v) is 5.56. The number of hydrogen-bond acceptors (Lipinski definition) is 0. The lowest BCUT2D eigenvalue weighted by molar-refractivity contribution is -0.897. The number of hydrogen-bond donors (Lipinski definition) is 0. The first-order valence-electron chi connectivity index (χ1n) is 5.56. The maximum atomic E-state index is 2.30. The first-order chi connectivity index (χ1) is 6.99. The topological polar surface area (TPSA) is 0 Å². The predicted molar refractivity (Wildman–Crippen MR) is 65.4 cm³/mol. The Morgan fingerprint density at radius 1 is 1.07 bits per heavy atom. The molecule has 0 amide bonds. The second kappa shape index (κ2) is 3.49. The van der Waals surface area contributed by atoms with Gasteiger partial charge in [0.2, 0.25) is 0 Å². The van der Waals surface area contributed by atoms with Crippen molar-refractivity contribution in [3.8, 4) is 0 Å². The zero-order valence-corrected chi connectivity index (χ0v) is 10.2. The molecule has 0 unspecified atom stereocenters. The maximum absolute atomic E-state index is 2.30. The summed E-state index contributed by atoms with van der Waals surface area (Å²) in [5.74, 6) is 0. The van der Waals surface area contributed by atoms with Crippen molar-refractivity contribution in [2.24, 2.45) is 0 Å². The van der Waals surface area contributed by atoms with Gasteiger partial charge in [0, 0.05) is 11.1 Å². The highest BCUT2D eigenvalue weighted by atomic mass is 15.3. The van der Waals surface area contributed by atoms with E-state index in [0.717, 1.165) is 17.6 Å². The molecule has 1 aliphatic heterocycles. The predicted octanol–water partition coefficient (Wildman–Crippen LogP) is 3.07. The van der Waals surface area contributed by atoms with Crippen LogP contribution in [0.25, 0.3) is 5.57 Å². The summed E-state index contributed by atoms with van der Waals surface area (Å²) < 4.78 is 1.07. The Kier molecular flexibility index (Phi) is 2.43. The Morgan fingerprint density at radius 2 is 1.73 bits per heavy atom. The number of rotatable bonds is 0. The van der Waals surface area contributed by atoms with Crippen molar-refractivity contribution in [3.63, 3.8) is 0 Å². The molecule has 0 N–H and O–H groups in total. The Hall–Kier alpha value is -1.08. The average Bonchev–Trinajstić information content (AvgIpc) is 2.14. The van der Waals surface area contributed by atoms with Gasteiger partial charge >= 0.3 is 0 Å².